The number of hydrogen-bond acceptors (Lipinski definition) is 1. The van der Waals surface area contributed by atoms with Crippen molar-refractivity contribution in [3.05, 3.63) is 12.7 Å². The summed E-state index contributed by atoms with van der Waals surface area (Å²) in [5.74, 6) is 0.982. The number of hydrogen-bond donors (Lipinski definition) is 0. The Labute approximate surface area is 79.6 Å². The quantitative estimate of drug-likeness (QED) is 0.562. The van der Waals surface area contributed by atoms with Gasteiger partial charge in [-0.2, -0.15) is 0 Å². The maximum absolute atomic E-state index is 11.3. The molecule has 1 saturated heterocycles. The van der Waals surface area contributed by atoms with Crippen LogP contribution in [0.25, 0.3) is 0 Å². The Hall–Kier alpha value is -0.790. The lowest BCUT2D eigenvalue weighted by Crippen LogP contribution is -2.39. The lowest BCUT2D eigenvalue weighted by Gasteiger charge is -2.43. The van der Waals surface area contributed by atoms with Gasteiger partial charge < -0.3 is 4.90 Å². The van der Waals surface area contributed by atoms with Crippen molar-refractivity contribution in [3.8, 4) is 0 Å². The number of carbonyl (C=O) groups is 1. The van der Waals surface area contributed by atoms with Gasteiger partial charge in [0.15, 0.2) is 0 Å². The molecule has 0 aromatic carbocycles. The van der Waals surface area contributed by atoms with Crippen LogP contribution in [0.3, 0.4) is 0 Å². The van der Waals surface area contributed by atoms with Crippen LogP contribution < -0.4 is 0 Å². The van der Waals surface area contributed by atoms with Crippen LogP contribution in [0.15, 0.2) is 12.7 Å². The molecule has 2 nitrogen and oxygen atoms in total. The fourth-order valence-corrected chi connectivity index (χ4v) is 3.00. The van der Waals surface area contributed by atoms with E-state index in [1.807, 2.05) is 4.90 Å². The van der Waals surface area contributed by atoms with E-state index in [1.54, 1.807) is 0 Å². The van der Waals surface area contributed by atoms with Crippen LogP contribution >= 0.6 is 0 Å². The van der Waals surface area contributed by atoms with Gasteiger partial charge in [-0.25, -0.2) is 0 Å². The van der Waals surface area contributed by atoms with Crippen molar-refractivity contribution in [2.24, 2.45) is 11.3 Å². The Balaban J connectivity index is 1.95. The first-order valence-electron chi connectivity index (χ1n) is 5.07. The van der Waals surface area contributed by atoms with Gasteiger partial charge in [0.2, 0.25) is 5.91 Å². The highest BCUT2D eigenvalue weighted by molar-refractivity contribution is 5.87. The van der Waals surface area contributed by atoms with Gasteiger partial charge in [0, 0.05) is 13.1 Å². The largest absolute Gasteiger partial charge is 0.339 e. The average Bonchev–Trinajstić information content (AvgIpc) is 2.47. The number of carbonyl (C=O) groups excluding carboxylic acids is 1. The SMILES string of the molecule is C=CC(=O)N1CC[C@]2(C1)C[C@H](C)C2. The van der Waals surface area contributed by atoms with Gasteiger partial charge in [-0.3, -0.25) is 4.79 Å². The Morgan fingerprint density at radius 3 is 2.85 bits per heavy atom. The van der Waals surface area contributed by atoms with Crippen LogP contribution in [0.5, 0.6) is 0 Å². The highest BCUT2D eigenvalue weighted by atomic mass is 16.2. The van der Waals surface area contributed by atoms with E-state index in [4.69, 9.17) is 0 Å². The minimum Gasteiger partial charge on any atom is -0.339 e. The Kier molecular flexibility index (Phi) is 1.94. The molecule has 2 aliphatic rings. The molecule has 0 unspecified atom stereocenters. The van der Waals surface area contributed by atoms with Gasteiger partial charge in [0.25, 0.3) is 0 Å². The van der Waals surface area contributed by atoms with Crippen molar-refractivity contribution in [1.82, 2.24) is 4.90 Å². The van der Waals surface area contributed by atoms with Crippen molar-refractivity contribution in [2.75, 3.05) is 13.1 Å². The zero-order valence-corrected chi connectivity index (χ0v) is 8.25. The minimum atomic E-state index is 0.108. The predicted molar refractivity (Wildman–Crippen MR) is 52.2 cm³/mol. The molecule has 72 valence electrons. The fraction of sp³-hybridized carbons (Fsp3) is 0.727. The number of rotatable bonds is 1. The molecule has 0 aromatic heterocycles. The highest BCUT2D eigenvalue weighted by Gasteiger charge is 2.47. The van der Waals surface area contributed by atoms with Crippen LogP contribution in [0, 0.1) is 11.3 Å². The molecule has 2 heteroatoms. The van der Waals surface area contributed by atoms with Gasteiger partial charge >= 0.3 is 0 Å². The van der Waals surface area contributed by atoms with E-state index in [0.29, 0.717) is 5.41 Å². The summed E-state index contributed by atoms with van der Waals surface area (Å²) in [6.07, 6.45) is 5.26. The fourth-order valence-electron chi connectivity index (χ4n) is 3.00. The van der Waals surface area contributed by atoms with Crippen LogP contribution in [0.4, 0.5) is 0 Å². The number of amides is 1. The van der Waals surface area contributed by atoms with Crippen LogP contribution in [-0.2, 0) is 4.79 Å². The monoisotopic (exact) mass is 179 g/mol. The van der Waals surface area contributed by atoms with Crippen LogP contribution in [0.1, 0.15) is 26.2 Å². The second-order valence-electron chi connectivity index (χ2n) is 4.73. The summed E-state index contributed by atoms with van der Waals surface area (Å²) in [5.41, 5.74) is 0.498. The van der Waals surface area contributed by atoms with Crippen molar-refractivity contribution >= 4 is 5.91 Å². The zero-order chi connectivity index (χ0) is 9.47. The Bertz CT molecular complexity index is 240. The van der Waals surface area contributed by atoms with E-state index < -0.39 is 0 Å². The van der Waals surface area contributed by atoms with Gasteiger partial charge in [0.1, 0.15) is 0 Å². The minimum absolute atomic E-state index is 0.108. The predicted octanol–water partition coefficient (Wildman–Crippen LogP) is 1.82. The second kappa shape index (κ2) is 2.86. The molecule has 1 amide bonds. The first-order valence-corrected chi connectivity index (χ1v) is 5.07. The molecule has 13 heavy (non-hydrogen) atoms. The maximum Gasteiger partial charge on any atom is 0.245 e. The average molecular weight is 179 g/mol. The number of nitrogens with zero attached hydrogens (tertiary/aromatic N) is 1. The lowest BCUT2D eigenvalue weighted by molar-refractivity contribution is -0.125. The molecule has 2 fully saturated rings. The highest BCUT2D eigenvalue weighted by Crippen LogP contribution is 2.51. The molecule has 1 saturated carbocycles. The first kappa shape index (κ1) is 8.79. The zero-order valence-electron chi connectivity index (χ0n) is 8.25. The van der Waals surface area contributed by atoms with Crippen LogP contribution in [-0.4, -0.2) is 23.9 Å². The summed E-state index contributed by atoms with van der Waals surface area (Å²) in [6.45, 7) is 7.73. The van der Waals surface area contributed by atoms with Crippen molar-refractivity contribution in [2.45, 2.75) is 26.2 Å². The number of likely N-dealkylation sites (tertiary alicyclic amines) is 1. The van der Waals surface area contributed by atoms with E-state index in [2.05, 4.69) is 13.5 Å². The summed E-state index contributed by atoms with van der Waals surface area (Å²) in [5, 5.41) is 0. The van der Waals surface area contributed by atoms with E-state index in [-0.39, 0.29) is 5.91 Å². The summed E-state index contributed by atoms with van der Waals surface area (Å²) >= 11 is 0. The molecular formula is C11H17NO. The smallest absolute Gasteiger partial charge is 0.245 e. The normalized spacial score (nSPS) is 37.6. The van der Waals surface area contributed by atoms with Crippen molar-refractivity contribution in [3.63, 3.8) is 0 Å². The lowest BCUT2D eigenvalue weighted by atomic mass is 9.62. The third-order valence-corrected chi connectivity index (χ3v) is 3.49. The molecule has 1 heterocycles. The van der Waals surface area contributed by atoms with Gasteiger partial charge in [0.05, 0.1) is 0 Å². The van der Waals surface area contributed by atoms with E-state index in [1.165, 1.54) is 25.3 Å². The topological polar surface area (TPSA) is 20.3 Å². The van der Waals surface area contributed by atoms with Gasteiger partial charge in [-0.15, -0.1) is 0 Å². The molecule has 0 aromatic rings. The molecule has 2 rings (SSSR count). The molecule has 1 spiro atoms. The molecular weight excluding hydrogens is 162 g/mol. The molecule has 0 bridgehead atoms. The summed E-state index contributed by atoms with van der Waals surface area (Å²) in [4.78, 5) is 13.3. The van der Waals surface area contributed by atoms with Crippen molar-refractivity contribution in [1.29, 1.82) is 0 Å². The first-order chi connectivity index (χ1) is 6.15. The van der Waals surface area contributed by atoms with E-state index in [9.17, 15) is 4.79 Å². The summed E-state index contributed by atoms with van der Waals surface area (Å²) < 4.78 is 0. The maximum atomic E-state index is 11.3. The third-order valence-electron chi connectivity index (χ3n) is 3.49. The van der Waals surface area contributed by atoms with Gasteiger partial charge in [-0.1, -0.05) is 13.5 Å². The molecule has 0 atom stereocenters. The van der Waals surface area contributed by atoms with Crippen LogP contribution in [0.2, 0.25) is 0 Å². The molecule has 1 aliphatic carbocycles. The molecule has 1 aliphatic heterocycles. The van der Waals surface area contributed by atoms with E-state index >= 15 is 0 Å². The summed E-state index contributed by atoms with van der Waals surface area (Å²) in [7, 11) is 0. The van der Waals surface area contributed by atoms with Crippen molar-refractivity contribution < 1.29 is 4.79 Å². The molecule has 0 N–H and O–H groups in total. The molecule has 0 radical (unpaired) electrons. The Morgan fingerprint density at radius 1 is 1.62 bits per heavy atom. The standard InChI is InChI=1S/C11H17NO/c1-3-10(13)12-5-4-11(8-12)6-9(2)7-11/h3,9H,1,4-8H2,2H3/t9-,11-. The second-order valence-corrected chi connectivity index (χ2v) is 4.73. The summed E-state index contributed by atoms with van der Waals surface area (Å²) in [6, 6.07) is 0. The van der Waals surface area contributed by atoms with E-state index in [0.717, 1.165) is 19.0 Å². The van der Waals surface area contributed by atoms with Gasteiger partial charge in [-0.05, 0) is 36.7 Å². The Morgan fingerprint density at radius 2 is 2.31 bits per heavy atom. The third kappa shape index (κ3) is 1.38.